The number of hydrogen-bond donors (Lipinski definition) is 1. The van der Waals surface area contributed by atoms with E-state index in [1.54, 1.807) is 0 Å². The van der Waals surface area contributed by atoms with Crippen molar-refractivity contribution in [3.63, 3.8) is 0 Å². The number of piperidine rings is 1. The van der Waals surface area contributed by atoms with Crippen molar-refractivity contribution < 1.29 is 4.74 Å². The largest absolute Gasteiger partial charge is 0.379 e. The van der Waals surface area contributed by atoms with Gasteiger partial charge in [-0.25, -0.2) is 0 Å². The summed E-state index contributed by atoms with van der Waals surface area (Å²) in [4.78, 5) is 2.65. The van der Waals surface area contributed by atoms with Crippen molar-refractivity contribution in [2.45, 2.75) is 59.6 Å². The molecule has 3 atom stereocenters. The number of nitrogens with zero attached hydrogens (tertiary/aromatic N) is 1. The van der Waals surface area contributed by atoms with Crippen molar-refractivity contribution in [3.8, 4) is 0 Å². The summed E-state index contributed by atoms with van der Waals surface area (Å²) in [5.41, 5.74) is 0. The van der Waals surface area contributed by atoms with Gasteiger partial charge in [0.25, 0.3) is 0 Å². The summed E-state index contributed by atoms with van der Waals surface area (Å²) in [5.74, 6) is 1.69. The van der Waals surface area contributed by atoms with E-state index in [-0.39, 0.29) is 0 Å². The number of nitrogens with one attached hydrogen (secondary N) is 1. The highest BCUT2D eigenvalue weighted by atomic mass is 16.5. The van der Waals surface area contributed by atoms with E-state index in [4.69, 9.17) is 4.74 Å². The predicted octanol–water partition coefficient (Wildman–Crippen LogP) is 2.76. The van der Waals surface area contributed by atoms with Crippen LogP contribution in [0.1, 0.15) is 47.5 Å². The summed E-state index contributed by atoms with van der Waals surface area (Å²) in [5, 5.41) is 3.53. The van der Waals surface area contributed by atoms with E-state index in [1.807, 2.05) is 0 Å². The van der Waals surface area contributed by atoms with Crippen molar-refractivity contribution in [3.05, 3.63) is 0 Å². The molecule has 0 aromatic heterocycles. The molecule has 1 fully saturated rings. The van der Waals surface area contributed by atoms with E-state index in [0.29, 0.717) is 6.10 Å². The molecule has 3 heteroatoms. The normalized spacial score (nSPS) is 29.1. The molecule has 0 saturated carbocycles. The molecule has 19 heavy (non-hydrogen) atoms. The molecule has 1 heterocycles. The van der Waals surface area contributed by atoms with Gasteiger partial charge in [-0.15, -0.1) is 0 Å². The third-order valence-corrected chi connectivity index (χ3v) is 4.24. The molecule has 1 N–H and O–H groups in total. The fourth-order valence-corrected chi connectivity index (χ4v) is 2.99. The van der Waals surface area contributed by atoms with Gasteiger partial charge in [-0.3, -0.25) is 4.90 Å². The summed E-state index contributed by atoms with van der Waals surface area (Å²) in [6.07, 6.45) is 2.86. The average molecular weight is 270 g/mol. The topological polar surface area (TPSA) is 24.5 Å². The first kappa shape index (κ1) is 16.9. The minimum atomic E-state index is 0.358. The molecular weight excluding hydrogens is 236 g/mol. The molecule has 1 saturated heterocycles. The van der Waals surface area contributed by atoms with E-state index < -0.39 is 0 Å². The summed E-state index contributed by atoms with van der Waals surface area (Å²) >= 11 is 0. The molecule has 114 valence electrons. The van der Waals surface area contributed by atoms with Crippen LogP contribution < -0.4 is 5.32 Å². The first-order valence-electron chi connectivity index (χ1n) is 8.07. The van der Waals surface area contributed by atoms with E-state index in [1.165, 1.54) is 19.5 Å². The Hall–Kier alpha value is -0.120. The van der Waals surface area contributed by atoms with Gasteiger partial charge in [0, 0.05) is 32.3 Å². The Bertz CT molecular complexity index is 233. The SMILES string of the molecule is CC1CC(C)C(C)N(CCNCCCOC(C)C)C1. The molecule has 0 spiro atoms. The lowest BCUT2D eigenvalue weighted by Gasteiger charge is -2.41. The zero-order valence-electron chi connectivity index (χ0n) is 13.6. The Morgan fingerprint density at radius 3 is 2.63 bits per heavy atom. The lowest BCUT2D eigenvalue weighted by atomic mass is 9.86. The molecular formula is C16H34N2O. The second-order valence-corrected chi connectivity index (χ2v) is 6.58. The Morgan fingerprint density at radius 1 is 1.21 bits per heavy atom. The van der Waals surface area contributed by atoms with Gasteiger partial charge < -0.3 is 10.1 Å². The van der Waals surface area contributed by atoms with Crippen molar-refractivity contribution >= 4 is 0 Å². The van der Waals surface area contributed by atoms with Crippen LogP contribution in [-0.2, 0) is 4.74 Å². The van der Waals surface area contributed by atoms with Gasteiger partial charge in [-0.05, 0) is 52.0 Å². The van der Waals surface area contributed by atoms with Crippen molar-refractivity contribution in [1.29, 1.82) is 0 Å². The van der Waals surface area contributed by atoms with Crippen LogP contribution in [0.25, 0.3) is 0 Å². The first-order valence-corrected chi connectivity index (χ1v) is 8.07. The molecule has 1 rings (SSSR count). The maximum atomic E-state index is 5.53. The van der Waals surface area contributed by atoms with Gasteiger partial charge in [0.15, 0.2) is 0 Å². The number of likely N-dealkylation sites (tertiary alicyclic amines) is 1. The molecule has 0 amide bonds. The van der Waals surface area contributed by atoms with Crippen LogP contribution in [0.15, 0.2) is 0 Å². The second-order valence-electron chi connectivity index (χ2n) is 6.58. The lowest BCUT2D eigenvalue weighted by Crippen LogP contribution is -2.48. The van der Waals surface area contributed by atoms with Gasteiger partial charge in [0.2, 0.25) is 0 Å². The van der Waals surface area contributed by atoms with Crippen LogP contribution in [0, 0.1) is 11.8 Å². The van der Waals surface area contributed by atoms with Crippen LogP contribution in [0.3, 0.4) is 0 Å². The van der Waals surface area contributed by atoms with E-state index in [0.717, 1.165) is 44.0 Å². The summed E-state index contributed by atoms with van der Waals surface area (Å²) in [6, 6.07) is 0.738. The highest BCUT2D eigenvalue weighted by Crippen LogP contribution is 2.26. The fourth-order valence-electron chi connectivity index (χ4n) is 2.99. The van der Waals surface area contributed by atoms with E-state index >= 15 is 0 Å². The molecule has 3 nitrogen and oxygen atoms in total. The molecule has 1 aliphatic rings. The standard InChI is InChI=1S/C16H34N2O/c1-13(2)19-10-6-7-17-8-9-18-12-14(3)11-15(4)16(18)5/h13-17H,6-12H2,1-5H3. The maximum absolute atomic E-state index is 5.53. The van der Waals surface area contributed by atoms with Gasteiger partial charge in [0.1, 0.15) is 0 Å². The van der Waals surface area contributed by atoms with Gasteiger partial charge >= 0.3 is 0 Å². The van der Waals surface area contributed by atoms with Crippen molar-refractivity contribution in [1.82, 2.24) is 10.2 Å². The zero-order chi connectivity index (χ0) is 14.3. The molecule has 0 radical (unpaired) electrons. The quantitative estimate of drug-likeness (QED) is 0.686. The summed E-state index contributed by atoms with van der Waals surface area (Å²) < 4.78 is 5.53. The van der Waals surface area contributed by atoms with Crippen LogP contribution in [-0.4, -0.2) is 49.8 Å². The highest BCUT2D eigenvalue weighted by Gasteiger charge is 2.27. The van der Waals surface area contributed by atoms with E-state index in [9.17, 15) is 0 Å². The van der Waals surface area contributed by atoms with Crippen molar-refractivity contribution in [2.24, 2.45) is 11.8 Å². The maximum Gasteiger partial charge on any atom is 0.0518 e. The number of ether oxygens (including phenoxy) is 1. The summed E-state index contributed by atoms with van der Waals surface area (Å²) in [6.45, 7) is 16.8. The van der Waals surface area contributed by atoms with Gasteiger partial charge in [-0.1, -0.05) is 13.8 Å². The average Bonchev–Trinajstić information content (AvgIpc) is 2.33. The van der Waals surface area contributed by atoms with Crippen LogP contribution in [0.4, 0.5) is 0 Å². The van der Waals surface area contributed by atoms with Crippen molar-refractivity contribution in [2.75, 3.05) is 32.8 Å². The Morgan fingerprint density at radius 2 is 1.95 bits per heavy atom. The third-order valence-electron chi connectivity index (χ3n) is 4.24. The molecule has 0 aliphatic carbocycles. The lowest BCUT2D eigenvalue weighted by molar-refractivity contribution is 0.0740. The Kier molecular flexibility index (Phi) is 7.96. The predicted molar refractivity (Wildman–Crippen MR) is 82.6 cm³/mol. The zero-order valence-corrected chi connectivity index (χ0v) is 13.6. The first-order chi connectivity index (χ1) is 9.00. The molecule has 0 aromatic rings. The van der Waals surface area contributed by atoms with Gasteiger partial charge in [0.05, 0.1) is 6.10 Å². The molecule has 0 bridgehead atoms. The molecule has 1 aliphatic heterocycles. The summed E-state index contributed by atoms with van der Waals surface area (Å²) in [7, 11) is 0. The third kappa shape index (κ3) is 6.73. The Balaban J connectivity index is 2.05. The van der Waals surface area contributed by atoms with Crippen LogP contribution in [0.5, 0.6) is 0 Å². The minimum Gasteiger partial charge on any atom is -0.379 e. The van der Waals surface area contributed by atoms with Crippen LogP contribution >= 0.6 is 0 Å². The smallest absolute Gasteiger partial charge is 0.0518 e. The van der Waals surface area contributed by atoms with E-state index in [2.05, 4.69) is 44.8 Å². The van der Waals surface area contributed by atoms with Gasteiger partial charge in [-0.2, -0.15) is 0 Å². The minimum absolute atomic E-state index is 0.358. The number of hydrogen-bond acceptors (Lipinski definition) is 3. The van der Waals surface area contributed by atoms with Crippen LogP contribution in [0.2, 0.25) is 0 Å². The second kappa shape index (κ2) is 8.93. The highest BCUT2D eigenvalue weighted by molar-refractivity contribution is 4.82. The number of rotatable bonds is 8. The monoisotopic (exact) mass is 270 g/mol. The molecule has 3 unspecified atom stereocenters. The molecule has 0 aromatic carbocycles. The Labute approximate surface area is 120 Å². The fraction of sp³-hybridized carbons (Fsp3) is 1.00.